The van der Waals surface area contributed by atoms with Gasteiger partial charge in [-0.15, -0.1) is 0 Å². The van der Waals surface area contributed by atoms with E-state index in [0.29, 0.717) is 13.0 Å². The Morgan fingerprint density at radius 3 is 2.24 bits per heavy atom. The summed E-state index contributed by atoms with van der Waals surface area (Å²) < 4.78 is 4.85. The fourth-order valence-electron chi connectivity index (χ4n) is 0.994. The number of hydrogen-bond acceptors (Lipinski definition) is 5. The van der Waals surface area contributed by atoms with Crippen LogP contribution < -0.4 is 5.32 Å². The van der Waals surface area contributed by atoms with Gasteiger partial charge >= 0.3 is 17.9 Å². The van der Waals surface area contributed by atoms with E-state index in [1.807, 2.05) is 0 Å². The second-order valence-electron chi connectivity index (χ2n) is 3.22. The average molecular weight is 249 g/mol. The number of ether oxygens (including phenoxy) is 1. The lowest BCUT2D eigenvalue weighted by Gasteiger charge is -2.11. The van der Waals surface area contributed by atoms with E-state index < -0.39 is 30.4 Å². The molecule has 0 saturated carbocycles. The molecule has 0 aromatic rings. The summed E-state index contributed by atoms with van der Waals surface area (Å²) in [5.74, 6) is -3.56. The quantitative estimate of drug-likeness (QED) is 0.362. The lowest BCUT2D eigenvalue weighted by molar-refractivity contribution is -0.156. The summed E-state index contributed by atoms with van der Waals surface area (Å²) in [5, 5.41) is 27.9. The van der Waals surface area contributed by atoms with Gasteiger partial charge in [-0.05, 0) is 13.0 Å². The van der Waals surface area contributed by atoms with E-state index in [0.717, 1.165) is 0 Å². The third-order valence-electron chi connectivity index (χ3n) is 1.73. The van der Waals surface area contributed by atoms with E-state index in [1.54, 1.807) is 0 Å². The molecule has 0 heterocycles. The van der Waals surface area contributed by atoms with Gasteiger partial charge < -0.3 is 25.4 Å². The van der Waals surface area contributed by atoms with Crippen LogP contribution in [0.2, 0.25) is 0 Å². The first-order chi connectivity index (χ1) is 7.93. The molecular formula is C9H15NO7. The summed E-state index contributed by atoms with van der Waals surface area (Å²) in [7, 11) is 0. The van der Waals surface area contributed by atoms with E-state index in [-0.39, 0.29) is 13.2 Å². The van der Waals surface area contributed by atoms with E-state index in [2.05, 4.69) is 5.32 Å². The fourth-order valence-corrected chi connectivity index (χ4v) is 0.994. The molecule has 8 nitrogen and oxygen atoms in total. The highest BCUT2D eigenvalue weighted by molar-refractivity contribution is 5.79. The van der Waals surface area contributed by atoms with Crippen LogP contribution in [0.15, 0.2) is 0 Å². The Morgan fingerprint density at radius 2 is 1.76 bits per heavy atom. The van der Waals surface area contributed by atoms with E-state index in [1.165, 1.54) is 0 Å². The SMILES string of the molecule is O=C(O)CNCCCOC(CC(=O)O)C(=O)O. The monoisotopic (exact) mass is 249 g/mol. The highest BCUT2D eigenvalue weighted by Crippen LogP contribution is 2.00. The number of carboxylic acid groups (broad SMARTS) is 3. The molecule has 1 atom stereocenters. The van der Waals surface area contributed by atoms with Crippen molar-refractivity contribution in [2.24, 2.45) is 0 Å². The van der Waals surface area contributed by atoms with Crippen LogP contribution in [0.25, 0.3) is 0 Å². The molecule has 17 heavy (non-hydrogen) atoms. The molecule has 0 radical (unpaired) electrons. The maximum absolute atomic E-state index is 10.6. The minimum Gasteiger partial charge on any atom is -0.481 e. The van der Waals surface area contributed by atoms with Gasteiger partial charge in [0.2, 0.25) is 0 Å². The van der Waals surface area contributed by atoms with Crippen molar-refractivity contribution in [3.05, 3.63) is 0 Å². The highest BCUT2D eigenvalue weighted by Gasteiger charge is 2.21. The van der Waals surface area contributed by atoms with Crippen LogP contribution in [-0.4, -0.2) is 59.0 Å². The van der Waals surface area contributed by atoms with Crippen molar-refractivity contribution >= 4 is 17.9 Å². The summed E-state index contributed by atoms with van der Waals surface area (Å²) in [6.07, 6.45) is -1.57. The van der Waals surface area contributed by atoms with Crippen molar-refractivity contribution in [2.45, 2.75) is 18.9 Å². The number of carboxylic acids is 3. The molecule has 0 aliphatic heterocycles. The molecule has 0 spiro atoms. The molecule has 0 amide bonds. The molecule has 1 unspecified atom stereocenters. The van der Waals surface area contributed by atoms with Gasteiger partial charge in [-0.1, -0.05) is 0 Å². The standard InChI is InChI=1S/C9H15NO7/c11-7(12)4-6(9(15)16)17-3-1-2-10-5-8(13)14/h6,10H,1-5H2,(H,11,12)(H,13,14)(H,15,16). The summed E-state index contributed by atoms with van der Waals surface area (Å²) in [6.45, 7) is 0.222. The van der Waals surface area contributed by atoms with Crippen LogP contribution >= 0.6 is 0 Å². The van der Waals surface area contributed by atoms with E-state index in [4.69, 9.17) is 20.1 Å². The van der Waals surface area contributed by atoms with Crippen LogP contribution in [0.5, 0.6) is 0 Å². The average Bonchev–Trinajstić information content (AvgIpc) is 2.20. The molecule has 98 valence electrons. The summed E-state index contributed by atoms with van der Waals surface area (Å²) in [4.78, 5) is 31.0. The molecule has 0 rings (SSSR count). The Hall–Kier alpha value is -1.67. The molecule has 4 N–H and O–H groups in total. The smallest absolute Gasteiger partial charge is 0.333 e. The molecule has 0 aromatic carbocycles. The third-order valence-corrected chi connectivity index (χ3v) is 1.73. The van der Waals surface area contributed by atoms with Crippen molar-refractivity contribution < 1.29 is 34.4 Å². The second-order valence-corrected chi connectivity index (χ2v) is 3.22. The van der Waals surface area contributed by atoms with Gasteiger partial charge in [-0.2, -0.15) is 0 Å². The van der Waals surface area contributed by atoms with Gasteiger partial charge in [0.1, 0.15) is 0 Å². The van der Waals surface area contributed by atoms with Crippen LogP contribution in [0.1, 0.15) is 12.8 Å². The Balaban J connectivity index is 3.65. The number of carbonyl (C=O) groups is 3. The van der Waals surface area contributed by atoms with Crippen molar-refractivity contribution in [3.63, 3.8) is 0 Å². The molecule has 0 aliphatic rings. The Bertz CT molecular complexity index is 279. The van der Waals surface area contributed by atoms with Crippen molar-refractivity contribution in [3.8, 4) is 0 Å². The number of nitrogens with one attached hydrogen (secondary N) is 1. The Kier molecular flexibility index (Phi) is 7.65. The van der Waals surface area contributed by atoms with Gasteiger partial charge in [0.15, 0.2) is 6.10 Å². The molecular weight excluding hydrogens is 234 g/mol. The fraction of sp³-hybridized carbons (Fsp3) is 0.667. The van der Waals surface area contributed by atoms with E-state index in [9.17, 15) is 14.4 Å². The van der Waals surface area contributed by atoms with Crippen LogP contribution in [0.3, 0.4) is 0 Å². The first-order valence-electron chi connectivity index (χ1n) is 4.92. The van der Waals surface area contributed by atoms with Gasteiger partial charge in [-0.3, -0.25) is 9.59 Å². The zero-order valence-electron chi connectivity index (χ0n) is 9.09. The first-order valence-corrected chi connectivity index (χ1v) is 4.92. The summed E-state index contributed by atoms with van der Waals surface area (Å²) in [6, 6.07) is 0. The molecule has 0 aromatic heterocycles. The summed E-state index contributed by atoms with van der Waals surface area (Å²) in [5.41, 5.74) is 0. The Labute approximate surface area is 97.2 Å². The minimum atomic E-state index is -1.37. The molecule has 0 fully saturated rings. The zero-order chi connectivity index (χ0) is 13.3. The number of rotatable bonds is 10. The predicted molar refractivity (Wildman–Crippen MR) is 54.8 cm³/mol. The lowest BCUT2D eigenvalue weighted by atomic mass is 10.2. The van der Waals surface area contributed by atoms with Gasteiger partial charge in [0.05, 0.1) is 13.0 Å². The topological polar surface area (TPSA) is 133 Å². The van der Waals surface area contributed by atoms with Crippen LogP contribution in [0.4, 0.5) is 0 Å². The normalized spacial score (nSPS) is 12.0. The summed E-state index contributed by atoms with van der Waals surface area (Å²) >= 11 is 0. The van der Waals surface area contributed by atoms with Crippen LogP contribution in [-0.2, 0) is 19.1 Å². The molecule has 0 bridgehead atoms. The van der Waals surface area contributed by atoms with Crippen molar-refractivity contribution in [1.82, 2.24) is 5.32 Å². The van der Waals surface area contributed by atoms with Gasteiger partial charge in [-0.25, -0.2) is 4.79 Å². The third kappa shape index (κ3) is 9.27. The predicted octanol–water partition coefficient (Wildman–Crippen LogP) is -1.00. The molecule has 0 aliphatic carbocycles. The number of hydrogen-bond donors (Lipinski definition) is 4. The lowest BCUT2D eigenvalue weighted by Crippen LogP contribution is -2.29. The number of aliphatic carboxylic acids is 3. The zero-order valence-corrected chi connectivity index (χ0v) is 9.09. The second kappa shape index (κ2) is 8.48. The molecule has 8 heteroatoms. The van der Waals surface area contributed by atoms with Crippen molar-refractivity contribution in [2.75, 3.05) is 19.7 Å². The van der Waals surface area contributed by atoms with E-state index >= 15 is 0 Å². The van der Waals surface area contributed by atoms with Crippen molar-refractivity contribution in [1.29, 1.82) is 0 Å². The Morgan fingerprint density at radius 1 is 1.12 bits per heavy atom. The first kappa shape index (κ1) is 15.3. The minimum absolute atomic E-state index is 0.0524. The highest BCUT2D eigenvalue weighted by atomic mass is 16.5. The van der Waals surface area contributed by atoms with Gasteiger partial charge in [0, 0.05) is 6.61 Å². The van der Waals surface area contributed by atoms with Crippen LogP contribution in [0, 0.1) is 0 Å². The molecule has 0 saturated heterocycles. The maximum Gasteiger partial charge on any atom is 0.333 e. The largest absolute Gasteiger partial charge is 0.481 e. The van der Waals surface area contributed by atoms with Gasteiger partial charge in [0.25, 0.3) is 0 Å². The maximum atomic E-state index is 10.6.